The molecule has 0 bridgehead atoms. The van der Waals surface area contributed by atoms with E-state index in [1.54, 1.807) is 48.7 Å². The molecule has 2 aromatic heterocycles. The van der Waals surface area contributed by atoms with E-state index < -0.39 is 10.0 Å². The van der Waals surface area contributed by atoms with Crippen molar-refractivity contribution in [2.24, 2.45) is 0 Å². The summed E-state index contributed by atoms with van der Waals surface area (Å²) in [5.41, 5.74) is 1.93. The Morgan fingerprint density at radius 3 is 2.38 bits per heavy atom. The van der Waals surface area contributed by atoms with Gasteiger partial charge in [0.25, 0.3) is 10.0 Å². The maximum absolute atomic E-state index is 13.2. The van der Waals surface area contributed by atoms with Gasteiger partial charge in [0, 0.05) is 11.9 Å². The van der Waals surface area contributed by atoms with Gasteiger partial charge in [-0.1, -0.05) is 47.5 Å². The molecule has 0 radical (unpaired) electrons. The number of anilines is 1. The van der Waals surface area contributed by atoms with Crippen LogP contribution in [0.2, 0.25) is 10.0 Å². The molecule has 0 amide bonds. The Morgan fingerprint density at radius 2 is 1.67 bits per heavy atom. The van der Waals surface area contributed by atoms with Crippen molar-refractivity contribution in [2.75, 3.05) is 4.72 Å². The van der Waals surface area contributed by atoms with Gasteiger partial charge in [0.2, 0.25) is 0 Å². The fourth-order valence-electron chi connectivity index (χ4n) is 3.66. The van der Waals surface area contributed by atoms with Crippen LogP contribution >= 0.6 is 35.0 Å². The van der Waals surface area contributed by atoms with E-state index in [1.807, 2.05) is 18.2 Å². The highest BCUT2D eigenvalue weighted by molar-refractivity contribution is 7.98. The zero-order valence-electron chi connectivity index (χ0n) is 19.9. The van der Waals surface area contributed by atoms with E-state index >= 15 is 0 Å². The summed E-state index contributed by atoms with van der Waals surface area (Å²) < 4.78 is 48.0. The van der Waals surface area contributed by atoms with Gasteiger partial charge in [-0.05, 0) is 66.2 Å². The second-order valence-corrected chi connectivity index (χ2v) is 11.6. The second kappa shape index (κ2) is 11.7. The van der Waals surface area contributed by atoms with E-state index in [-0.39, 0.29) is 26.6 Å². The molecule has 5 rings (SSSR count). The van der Waals surface area contributed by atoms with E-state index in [1.165, 1.54) is 36.0 Å². The number of sulfonamides is 1. The number of benzene rings is 3. The van der Waals surface area contributed by atoms with Gasteiger partial charge in [0.1, 0.15) is 27.2 Å². The fourth-order valence-corrected chi connectivity index (χ4v) is 6.77. The van der Waals surface area contributed by atoms with Crippen molar-refractivity contribution in [1.29, 1.82) is 0 Å². The fraction of sp³-hybridized carbons (Fsp3) is 0.0370. The summed E-state index contributed by atoms with van der Waals surface area (Å²) in [6.07, 6.45) is 1.61. The lowest BCUT2D eigenvalue weighted by Gasteiger charge is -2.11. The third-order valence-electron chi connectivity index (χ3n) is 5.40. The molecule has 0 unspecified atom stereocenters. The van der Waals surface area contributed by atoms with Gasteiger partial charge in [-0.25, -0.2) is 12.8 Å². The molecule has 3 aromatic carbocycles. The van der Waals surface area contributed by atoms with Gasteiger partial charge < -0.3 is 4.74 Å². The van der Waals surface area contributed by atoms with Crippen LogP contribution in [-0.4, -0.2) is 23.6 Å². The molecule has 39 heavy (non-hydrogen) atoms. The van der Waals surface area contributed by atoms with Gasteiger partial charge >= 0.3 is 0 Å². The van der Waals surface area contributed by atoms with Gasteiger partial charge in [0.15, 0.2) is 5.82 Å². The lowest BCUT2D eigenvalue weighted by molar-refractivity contribution is 0.480. The molecule has 0 saturated carbocycles. The van der Waals surface area contributed by atoms with E-state index in [9.17, 15) is 12.8 Å². The van der Waals surface area contributed by atoms with Crippen molar-refractivity contribution in [2.45, 2.75) is 15.7 Å². The number of hydrogen-bond acceptors (Lipinski definition) is 6. The summed E-state index contributed by atoms with van der Waals surface area (Å²) in [5.74, 6) is 1.33. The standard InChI is InChI=1S/C27H19Cl2FN4O3S2/c28-21-7-4-8-22(29)25(21)39(35,36)34-26-24(23-9-1-2-14-31-23)27(33-32-26)38-16-17-5-3-6-20(15-17)37-19-12-10-18(30)11-13-19/h1-15H,16H2,(H2,32,33,34). The van der Waals surface area contributed by atoms with Gasteiger partial charge in [-0.2, -0.15) is 5.10 Å². The smallest absolute Gasteiger partial charge is 0.266 e. The molecule has 12 heteroatoms. The van der Waals surface area contributed by atoms with Crippen LogP contribution < -0.4 is 9.46 Å². The Labute approximate surface area is 238 Å². The number of halogens is 3. The molecule has 0 saturated heterocycles. The van der Waals surface area contributed by atoms with Gasteiger partial charge in [-0.15, -0.1) is 11.8 Å². The highest BCUT2D eigenvalue weighted by Gasteiger charge is 2.26. The van der Waals surface area contributed by atoms with Crippen molar-refractivity contribution in [3.63, 3.8) is 0 Å². The molecule has 2 N–H and O–H groups in total. The zero-order chi connectivity index (χ0) is 27.4. The predicted octanol–water partition coefficient (Wildman–Crippen LogP) is 7.80. The summed E-state index contributed by atoms with van der Waals surface area (Å²) in [6, 6.07) is 23.0. The van der Waals surface area contributed by atoms with Crippen LogP contribution in [0.4, 0.5) is 10.2 Å². The summed E-state index contributed by atoms with van der Waals surface area (Å²) in [6.45, 7) is 0. The minimum Gasteiger partial charge on any atom is -0.457 e. The molecule has 0 aliphatic carbocycles. The number of rotatable bonds is 9. The van der Waals surface area contributed by atoms with Crippen LogP contribution in [0, 0.1) is 5.82 Å². The second-order valence-electron chi connectivity index (χ2n) is 8.14. The third-order valence-corrected chi connectivity index (χ3v) is 8.76. The highest BCUT2D eigenvalue weighted by Crippen LogP contribution is 2.38. The lowest BCUT2D eigenvalue weighted by Crippen LogP contribution is -2.15. The molecule has 0 aliphatic rings. The van der Waals surface area contributed by atoms with Crippen molar-refractivity contribution < 1.29 is 17.5 Å². The summed E-state index contributed by atoms with van der Waals surface area (Å²) in [7, 11) is -4.17. The van der Waals surface area contributed by atoms with Gasteiger partial charge in [-0.3, -0.25) is 14.8 Å². The Balaban J connectivity index is 1.41. The lowest BCUT2D eigenvalue weighted by atomic mass is 10.2. The highest BCUT2D eigenvalue weighted by atomic mass is 35.5. The van der Waals surface area contributed by atoms with Gasteiger partial charge in [0.05, 0.1) is 21.3 Å². The molecule has 198 valence electrons. The van der Waals surface area contributed by atoms with Crippen LogP contribution in [0.3, 0.4) is 0 Å². The average molecular weight is 602 g/mol. The molecule has 5 aromatic rings. The number of nitrogens with zero attached hydrogens (tertiary/aromatic N) is 2. The number of hydrogen-bond donors (Lipinski definition) is 2. The Kier molecular flexibility index (Phi) is 8.08. The minimum absolute atomic E-state index is 0.0118. The topological polar surface area (TPSA) is 97.0 Å². The normalized spacial score (nSPS) is 11.4. The summed E-state index contributed by atoms with van der Waals surface area (Å²) in [5, 5.41) is 7.73. The largest absolute Gasteiger partial charge is 0.457 e. The Hall–Kier alpha value is -3.57. The number of H-pyrrole nitrogens is 1. The number of thioether (sulfide) groups is 1. The van der Waals surface area contributed by atoms with Crippen molar-refractivity contribution in [3.05, 3.63) is 113 Å². The average Bonchev–Trinajstić information content (AvgIpc) is 3.31. The molecular weight excluding hydrogens is 582 g/mol. The first-order chi connectivity index (χ1) is 18.8. The van der Waals surface area contributed by atoms with Crippen LogP contribution in [-0.2, 0) is 15.8 Å². The Morgan fingerprint density at radius 1 is 0.923 bits per heavy atom. The molecule has 2 heterocycles. The minimum atomic E-state index is -4.17. The van der Waals surface area contributed by atoms with Crippen LogP contribution in [0.5, 0.6) is 11.5 Å². The maximum Gasteiger partial charge on any atom is 0.266 e. The molecular formula is C27H19Cl2FN4O3S2. The predicted molar refractivity (Wildman–Crippen MR) is 152 cm³/mol. The van der Waals surface area contributed by atoms with Crippen LogP contribution in [0.15, 0.2) is 101 Å². The number of aromatic nitrogens is 3. The first kappa shape index (κ1) is 27.0. The van der Waals surface area contributed by atoms with Crippen LogP contribution in [0.1, 0.15) is 5.56 Å². The van der Waals surface area contributed by atoms with Crippen molar-refractivity contribution in [3.8, 4) is 22.8 Å². The summed E-state index contributed by atoms with van der Waals surface area (Å²) >= 11 is 13.7. The van der Waals surface area contributed by atoms with E-state index in [0.717, 1.165) is 5.56 Å². The molecule has 0 atom stereocenters. The molecule has 0 fully saturated rings. The van der Waals surface area contributed by atoms with E-state index in [4.69, 9.17) is 27.9 Å². The first-order valence-electron chi connectivity index (χ1n) is 11.4. The summed E-state index contributed by atoms with van der Waals surface area (Å²) in [4.78, 5) is 4.16. The SMILES string of the molecule is O=S(=O)(Nc1n[nH]c(SCc2cccc(Oc3ccc(F)cc3)c2)c1-c1ccccn1)c1c(Cl)cccc1Cl. The maximum atomic E-state index is 13.2. The number of ether oxygens (including phenoxy) is 1. The number of nitrogens with one attached hydrogen (secondary N) is 2. The quantitative estimate of drug-likeness (QED) is 0.167. The van der Waals surface area contributed by atoms with E-state index in [2.05, 4.69) is 19.9 Å². The zero-order valence-corrected chi connectivity index (χ0v) is 23.1. The Bertz CT molecular complexity index is 1700. The van der Waals surface area contributed by atoms with E-state index in [0.29, 0.717) is 33.5 Å². The molecule has 7 nitrogen and oxygen atoms in total. The third kappa shape index (κ3) is 6.36. The van der Waals surface area contributed by atoms with Crippen molar-refractivity contribution >= 4 is 50.8 Å². The first-order valence-corrected chi connectivity index (χ1v) is 14.6. The number of aromatic amines is 1. The molecule has 0 aliphatic heterocycles. The van der Waals surface area contributed by atoms with Crippen LogP contribution in [0.25, 0.3) is 11.3 Å². The molecule has 0 spiro atoms. The number of pyridine rings is 1. The van der Waals surface area contributed by atoms with Crippen molar-refractivity contribution in [1.82, 2.24) is 15.2 Å². The monoisotopic (exact) mass is 600 g/mol.